The van der Waals surface area contributed by atoms with E-state index in [1.54, 1.807) is 4.90 Å². The Morgan fingerprint density at radius 2 is 2.21 bits per heavy atom. The molecule has 0 unspecified atom stereocenters. The van der Waals surface area contributed by atoms with Crippen LogP contribution in [-0.2, 0) is 6.42 Å². The van der Waals surface area contributed by atoms with Crippen LogP contribution >= 0.6 is 0 Å². The van der Waals surface area contributed by atoms with Crippen LogP contribution in [-0.4, -0.2) is 39.0 Å². The maximum absolute atomic E-state index is 13.9. The van der Waals surface area contributed by atoms with Crippen molar-refractivity contribution in [1.29, 1.82) is 0 Å². The summed E-state index contributed by atoms with van der Waals surface area (Å²) in [4.78, 5) is 21.6. The van der Waals surface area contributed by atoms with Crippen molar-refractivity contribution in [1.82, 2.24) is 14.9 Å². The molecule has 24 heavy (non-hydrogen) atoms. The number of carbonyl (C=O) groups excluding carboxylic acids is 1. The summed E-state index contributed by atoms with van der Waals surface area (Å²) in [5, 5.41) is 9.84. The number of hydrogen-bond donors (Lipinski definition) is 2. The topological polar surface area (TPSA) is 69.2 Å². The highest BCUT2D eigenvalue weighted by Crippen LogP contribution is 2.31. The smallest absolute Gasteiger partial charge is 0.256 e. The van der Waals surface area contributed by atoms with Gasteiger partial charge in [0.2, 0.25) is 0 Å². The predicted octanol–water partition coefficient (Wildman–Crippen LogP) is 2.43. The van der Waals surface area contributed by atoms with Gasteiger partial charge in [0.25, 0.3) is 5.91 Å². The standard InChI is InChI=1S/C18H16FN3O2/c19-12-7-14(17-15(8-12)20-10-21-17)18(24)22-6-5-11-3-1-2-4-13(11)16(22)9-23/h1-4,7-8,10,16,23H,5-6,9H2,(H,20,21)/t16-/m1/s1. The van der Waals surface area contributed by atoms with Gasteiger partial charge < -0.3 is 15.0 Å². The van der Waals surface area contributed by atoms with Crippen molar-refractivity contribution >= 4 is 16.9 Å². The maximum atomic E-state index is 13.9. The van der Waals surface area contributed by atoms with Gasteiger partial charge in [-0.3, -0.25) is 4.79 Å². The van der Waals surface area contributed by atoms with E-state index in [0.29, 0.717) is 24.0 Å². The number of nitrogens with one attached hydrogen (secondary N) is 1. The van der Waals surface area contributed by atoms with Crippen molar-refractivity contribution in [2.24, 2.45) is 0 Å². The number of aromatic amines is 1. The first-order valence-electron chi connectivity index (χ1n) is 7.81. The molecule has 1 aliphatic heterocycles. The van der Waals surface area contributed by atoms with E-state index in [1.165, 1.54) is 18.5 Å². The van der Waals surface area contributed by atoms with E-state index in [1.807, 2.05) is 24.3 Å². The second-order valence-electron chi connectivity index (χ2n) is 5.90. The fourth-order valence-electron chi connectivity index (χ4n) is 3.42. The summed E-state index contributed by atoms with van der Waals surface area (Å²) >= 11 is 0. The number of nitrogens with zero attached hydrogens (tertiary/aromatic N) is 2. The molecule has 0 saturated carbocycles. The largest absolute Gasteiger partial charge is 0.394 e. The van der Waals surface area contributed by atoms with Crippen LogP contribution in [0.5, 0.6) is 0 Å². The van der Waals surface area contributed by atoms with E-state index in [-0.39, 0.29) is 18.1 Å². The van der Waals surface area contributed by atoms with Gasteiger partial charge >= 0.3 is 0 Å². The normalized spacial score (nSPS) is 17.1. The third kappa shape index (κ3) is 2.27. The highest BCUT2D eigenvalue weighted by molar-refractivity contribution is 6.05. The molecule has 5 nitrogen and oxygen atoms in total. The Labute approximate surface area is 137 Å². The molecule has 122 valence electrons. The number of aliphatic hydroxyl groups excluding tert-OH is 1. The Balaban J connectivity index is 1.78. The number of rotatable bonds is 2. The fraction of sp³-hybridized carbons (Fsp3) is 0.222. The van der Waals surface area contributed by atoms with E-state index in [0.717, 1.165) is 11.1 Å². The van der Waals surface area contributed by atoms with E-state index < -0.39 is 11.9 Å². The molecule has 0 bridgehead atoms. The summed E-state index contributed by atoms with van der Waals surface area (Å²) in [6, 6.07) is 9.86. The minimum Gasteiger partial charge on any atom is -0.394 e. The Morgan fingerprint density at radius 1 is 1.38 bits per heavy atom. The van der Waals surface area contributed by atoms with Crippen molar-refractivity contribution < 1.29 is 14.3 Å². The maximum Gasteiger partial charge on any atom is 0.256 e. The zero-order chi connectivity index (χ0) is 16.7. The molecule has 1 amide bonds. The lowest BCUT2D eigenvalue weighted by atomic mass is 9.92. The molecule has 1 aliphatic rings. The summed E-state index contributed by atoms with van der Waals surface area (Å²) in [5.41, 5.74) is 3.20. The number of hydrogen-bond acceptors (Lipinski definition) is 3. The molecule has 0 saturated heterocycles. The van der Waals surface area contributed by atoms with E-state index in [4.69, 9.17) is 0 Å². The van der Waals surface area contributed by atoms with Gasteiger partial charge in [0.1, 0.15) is 11.3 Å². The van der Waals surface area contributed by atoms with Crippen LogP contribution in [0.1, 0.15) is 27.5 Å². The second-order valence-corrected chi connectivity index (χ2v) is 5.90. The number of aromatic nitrogens is 2. The highest BCUT2D eigenvalue weighted by atomic mass is 19.1. The van der Waals surface area contributed by atoms with E-state index in [9.17, 15) is 14.3 Å². The van der Waals surface area contributed by atoms with Crippen molar-refractivity contribution in [3.05, 3.63) is 65.2 Å². The number of benzene rings is 2. The average Bonchev–Trinajstić information content (AvgIpc) is 3.07. The molecule has 6 heteroatoms. The Kier molecular flexibility index (Phi) is 3.54. The zero-order valence-corrected chi connectivity index (χ0v) is 12.9. The first-order chi connectivity index (χ1) is 11.7. The molecule has 2 aromatic carbocycles. The third-order valence-electron chi connectivity index (χ3n) is 4.56. The molecular formula is C18H16FN3O2. The zero-order valence-electron chi connectivity index (χ0n) is 12.9. The number of halogens is 1. The van der Waals surface area contributed by atoms with Crippen LogP contribution in [0.4, 0.5) is 4.39 Å². The Bertz CT molecular complexity index is 922. The SMILES string of the molecule is O=C(c1cc(F)cc2[nH]cnc12)N1CCc2ccccc2[C@H]1CO. The number of imidazole rings is 1. The number of amides is 1. The number of carbonyl (C=O) groups is 1. The molecule has 0 radical (unpaired) electrons. The van der Waals surface area contributed by atoms with Crippen LogP contribution in [0.25, 0.3) is 11.0 Å². The summed E-state index contributed by atoms with van der Waals surface area (Å²) in [7, 11) is 0. The van der Waals surface area contributed by atoms with Gasteiger partial charge in [-0.2, -0.15) is 0 Å². The van der Waals surface area contributed by atoms with E-state index in [2.05, 4.69) is 9.97 Å². The van der Waals surface area contributed by atoms with Crippen LogP contribution in [0.15, 0.2) is 42.7 Å². The van der Waals surface area contributed by atoms with Crippen molar-refractivity contribution in [2.75, 3.05) is 13.2 Å². The molecule has 2 heterocycles. The molecule has 0 fully saturated rings. The average molecular weight is 325 g/mol. The molecule has 0 spiro atoms. The second kappa shape index (κ2) is 5.72. The van der Waals surface area contributed by atoms with Gasteiger partial charge in [-0.15, -0.1) is 0 Å². The Hall–Kier alpha value is -2.73. The molecule has 1 aromatic heterocycles. The van der Waals surface area contributed by atoms with Crippen LogP contribution in [0, 0.1) is 5.82 Å². The molecule has 3 aromatic rings. The van der Waals surface area contributed by atoms with Crippen molar-refractivity contribution in [3.8, 4) is 0 Å². The molecule has 0 aliphatic carbocycles. The molecule has 4 rings (SSSR count). The fourth-order valence-corrected chi connectivity index (χ4v) is 3.42. The van der Waals surface area contributed by atoms with Crippen LogP contribution in [0.3, 0.4) is 0 Å². The monoisotopic (exact) mass is 325 g/mol. The number of fused-ring (bicyclic) bond motifs is 2. The lowest BCUT2D eigenvalue weighted by molar-refractivity contribution is 0.0570. The third-order valence-corrected chi connectivity index (χ3v) is 4.56. The molecule has 2 N–H and O–H groups in total. The number of H-pyrrole nitrogens is 1. The van der Waals surface area contributed by atoms with Crippen LogP contribution < -0.4 is 0 Å². The first kappa shape index (κ1) is 14.8. The van der Waals surface area contributed by atoms with Gasteiger partial charge in [0.05, 0.1) is 30.1 Å². The van der Waals surface area contributed by atoms with Gasteiger partial charge in [-0.1, -0.05) is 24.3 Å². The minimum absolute atomic E-state index is 0.179. The summed E-state index contributed by atoms with van der Waals surface area (Å²) in [6.07, 6.45) is 2.15. The van der Waals surface area contributed by atoms with Gasteiger partial charge in [0, 0.05) is 6.54 Å². The predicted molar refractivity (Wildman–Crippen MR) is 87.1 cm³/mol. The first-order valence-corrected chi connectivity index (χ1v) is 7.81. The van der Waals surface area contributed by atoms with Gasteiger partial charge in [-0.25, -0.2) is 9.37 Å². The van der Waals surface area contributed by atoms with E-state index >= 15 is 0 Å². The quantitative estimate of drug-likeness (QED) is 0.760. The summed E-state index contributed by atoms with van der Waals surface area (Å²) in [6.45, 7) is 0.297. The van der Waals surface area contributed by atoms with Crippen LogP contribution in [0.2, 0.25) is 0 Å². The lowest BCUT2D eigenvalue weighted by Gasteiger charge is -2.36. The van der Waals surface area contributed by atoms with Crippen molar-refractivity contribution in [3.63, 3.8) is 0 Å². The molecular weight excluding hydrogens is 309 g/mol. The lowest BCUT2D eigenvalue weighted by Crippen LogP contribution is -2.41. The summed E-state index contributed by atoms with van der Waals surface area (Å²) < 4.78 is 13.9. The summed E-state index contributed by atoms with van der Waals surface area (Å²) in [5.74, 6) is -0.812. The van der Waals surface area contributed by atoms with Crippen molar-refractivity contribution in [2.45, 2.75) is 12.5 Å². The minimum atomic E-state index is -0.493. The highest BCUT2D eigenvalue weighted by Gasteiger charge is 2.32. The molecule has 1 atom stereocenters. The number of aliphatic hydroxyl groups is 1. The van der Waals surface area contributed by atoms with Gasteiger partial charge in [-0.05, 0) is 29.7 Å². The Morgan fingerprint density at radius 3 is 3.04 bits per heavy atom. The van der Waals surface area contributed by atoms with Gasteiger partial charge in [0.15, 0.2) is 0 Å².